The standard InChI is InChI=1S/C11H19N3O3/c1-11(2,3)17-10(16)8(12)5-7-6-13-14(4)9(7)15/h6,8,13H,5,12H2,1-4H3/t8-/m0/s1. The maximum atomic E-state index is 11.6. The molecule has 0 saturated carbocycles. The van der Waals surface area contributed by atoms with Gasteiger partial charge in [0.2, 0.25) is 0 Å². The Balaban J connectivity index is 2.67. The van der Waals surface area contributed by atoms with Crippen molar-refractivity contribution in [1.29, 1.82) is 0 Å². The monoisotopic (exact) mass is 241 g/mol. The third-order valence-corrected chi connectivity index (χ3v) is 2.16. The number of aromatic amines is 1. The van der Waals surface area contributed by atoms with Gasteiger partial charge in [-0.1, -0.05) is 0 Å². The molecule has 0 saturated heterocycles. The van der Waals surface area contributed by atoms with E-state index in [0.29, 0.717) is 5.56 Å². The van der Waals surface area contributed by atoms with Crippen LogP contribution in [0.25, 0.3) is 0 Å². The number of hydrogen-bond acceptors (Lipinski definition) is 4. The molecule has 6 nitrogen and oxygen atoms in total. The topological polar surface area (TPSA) is 90.1 Å². The molecule has 0 spiro atoms. The Kier molecular flexibility index (Phi) is 3.77. The second-order valence-electron chi connectivity index (χ2n) is 5.01. The highest BCUT2D eigenvalue weighted by Crippen LogP contribution is 2.09. The first-order valence-electron chi connectivity index (χ1n) is 5.42. The van der Waals surface area contributed by atoms with Crippen LogP contribution in [0, 0.1) is 0 Å². The highest BCUT2D eigenvalue weighted by atomic mass is 16.6. The fourth-order valence-electron chi connectivity index (χ4n) is 1.35. The van der Waals surface area contributed by atoms with Gasteiger partial charge in [-0.2, -0.15) is 0 Å². The van der Waals surface area contributed by atoms with Crippen molar-refractivity contribution in [3.05, 3.63) is 22.1 Å². The van der Waals surface area contributed by atoms with Gasteiger partial charge in [0.15, 0.2) is 0 Å². The SMILES string of the molecule is Cn1[nH]cc(C[C@H](N)C(=O)OC(C)(C)C)c1=O. The number of nitrogens with two attached hydrogens (primary N) is 1. The van der Waals surface area contributed by atoms with Crippen molar-refractivity contribution >= 4 is 5.97 Å². The van der Waals surface area contributed by atoms with Crippen LogP contribution in [-0.2, 0) is 23.0 Å². The number of H-pyrrole nitrogens is 1. The third-order valence-electron chi connectivity index (χ3n) is 2.16. The number of ether oxygens (including phenoxy) is 1. The Hall–Kier alpha value is -1.56. The van der Waals surface area contributed by atoms with E-state index in [1.54, 1.807) is 34.0 Å². The molecule has 0 aromatic carbocycles. The Morgan fingerprint density at radius 1 is 1.59 bits per heavy atom. The van der Waals surface area contributed by atoms with Crippen molar-refractivity contribution in [2.75, 3.05) is 0 Å². The van der Waals surface area contributed by atoms with Crippen LogP contribution in [0.2, 0.25) is 0 Å². The molecule has 0 fully saturated rings. The number of nitrogens with zero attached hydrogens (tertiary/aromatic N) is 1. The van der Waals surface area contributed by atoms with Crippen molar-refractivity contribution in [1.82, 2.24) is 9.78 Å². The van der Waals surface area contributed by atoms with Crippen LogP contribution in [0.3, 0.4) is 0 Å². The molecule has 6 heteroatoms. The van der Waals surface area contributed by atoms with Gasteiger partial charge in [0.25, 0.3) is 5.56 Å². The summed E-state index contributed by atoms with van der Waals surface area (Å²) in [5, 5.41) is 2.73. The molecule has 0 bridgehead atoms. The van der Waals surface area contributed by atoms with Crippen LogP contribution in [0.1, 0.15) is 26.3 Å². The third kappa shape index (κ3) is 3.74. The van der Waals surface area contributed by atoms with E-state index in [-0.39, 0.29) is 12.0 Å². The van der Waals surface area contributed by atoms with Crippen molar-refractivity contribution in [2.45, 2.75) is 38.8 Å². The van der Waals surface area contributed by atoms with E-state index < -0.39 is 17.6 Å². The summed E-state index contributed by atoms with van der Waals surface area (Å²) in [6, 6.07) is -0.822. The average molecular weight is 241 g/mol. The van der Waals surface area contributed by atoms with E-state index in [1.807, 2.05) is 0 Å². The summed E-state index contributed by atoms with van der Waals surface area (Å²) >= 11 is 0. The maximum absolute atomic E-state index is 11.6. The van der Waals surface area contributed by atoms with Crippen LogP contribution >= 0.6 is 0 Å². The normalized spacial score (nSPS) is 13.5. The summed E-state index contributed by atoms with van der Waals surface area (Å²) < 4.78 is 6.47. The summed E-state index contributed by atoms with van der Waals surface area (Å²) in [7, 11) is 1.60. The zero-order chi connectivity index (χ0) is 13.2. The number of aromatic nitrogens is 2. The van der Waals surface area contributed by atoms with E-state index in [4.69, 9.17) is 10.5 Å². The van der Waals surface area contributed by atoms with Crippen LogP contribution in [0.4, 0.5) is 0 Å². The summed E-state index contributed by atoms with van der Waals surface area (Å²) in [5.41, 5.74) is 5.43. The Morgan fingerprint density at radius 3 is 2.59 bits per heavy atom. The molecule has 1 heterocycles. The van der Waals surface area contributed by atoms with Crippen molar-refractivity contribution in [3.8, 4) is 0 Å². The van der Waals surface area contributed by atoms with Gasteiger partial charge in [-0.3, -0.25) is 14.3 Å². The lowest BCUT2D eigenvalue weighted by Crippen LogP contribution is -2.39. The molecule has 0 aliphatic carbocycles. The van der Waals surface area contributed by atoms with Gasteiger partial charge in [0.05, 0.1) is 0 Å². The second kappa shape index (κ2) is 4.75. The molecule has 3 N–H and O–H groups in total. The van der Waals surface area contributed by atoms with Crippen molar-refractivity contribution < 1.29 is 9.53 Å². The van der Waals surface area contributed by atoms with Crippen molar-refractivity contribution in [3.63, 3.8) is 0 Å². The van der Waals surface area contributed by atoms with E-state index in [2.05, 4.69) is 5.10 Å². The summed E-state index contributed by atoms with van der Waals surface area (Å²) in [4.78, 5) is 23.2. The fourth-order valence-corrected chi connectivity index (χ4v) is 1.35. The average Bonchev–Trinajstić information content (AvgIpc) is 2.47. The maximum Gasteiger partial charge on any atom is 0.323 e. The quantitative estimate of drug-likeness (QED) is 0.724. The molecule has 96 valence electrons. The fraction of sp³-hybridized carbons (Fsp3) is 0.636. The van der Waals surface area contributed by atoms with Gasteiger partial charge in [-0.25, -0.2) is 0 Å². The van der Waals surface area contributed by atoms with Gasteiger partial charge in [-0.15, -0.1) is 0 Å². The number of aryl methyl sites for hydroxylation is 1. The minimum atomic E-state index is -0.822. The highest BCUT2D eigenvalue weighted by molar-refractivity contribution is 5.76. The molecule has 17 heavy (non-hydrogen) atoms. The largest absolute Gasteiger partial charge is 0.459 e. The predicted molar refractivity (Wildman–Crippen MR) is 63.6 cm³/mol. The highest BCUT2D eigenvalue weighted by Gasteiger charge is 2.23. The first-order chi connectivity index (χ1) is 7.70. The molecule has 0 radical (unpaired) electrons. The molecule has 0 aliphatic rings. The number of esters is 1. The molecule has 1 atom stereocenters. The zero-order valence-corrected chi connectivity index (χ0v) is 10.6. The van der Waals surface area contributed by atoms with E-state index >= 15 is 0 Å². The Morgan fingerprint density at radius 2 is 2.18 bits per heavy atom. The molecule has 0 aliphatic heterocycles. The Labute approximate surface area is 99.7 Å². The summed E-state index contributed by atoms with van der Waals surface area (Å²) in [5.74, 6) is -0.499. The van der Waals surface area contributed by atoms with Gasteiger partial charge >= 0.3 is 5.97 Å². The summed E-state index contributed by atoms with van der Waals surface area (Å²) in [6.45, 7) is 5.31. The zero-order valence-electron chi connectivity index (χ0n) is 10.6. The lowest BCUT2D eigenvalue weighted by atomic mass is 10.1. The minimum absolute atomic E-state index is 0.172. The predicted octanol–water partition coefficient (Wildman–Crippen LogP) is -0.0751. The lowest BCUT2D eigenvalue weighted by Gasteiger charge is -2.21. The molecule has 0 unspecified atom stereocenters. The molecule has 1 rings (SSSR count). The van der Waals surface area contributed by atoms with Crippen LogP contribution in [0.5, 0.6) is 0 Å². The van der Waals surface area contributed by atoms with E-state index in [0.717, 1.165) is 0 Å². The number of carbonyl (C=O) groups excluding carboxylic acids is 1. The number of nitrogens with one attached hydrogen (secondary N) is 1. The van der Waals surface area contributed by atoms with Crippen LogP contribution < -0.4 is 11.3 Å². The van der Waals surface area contributed by atoms with Gasteiger partial charge in [0.1, 0.15) is 11.6 Å². The first kappa shape index (κ1) is 13.5. The minimum Gasteiger partial charge on any atom is -0.459 e. The molecule has 1 aromatic heterocycles. The smallest absolute Gasteiger partial charge is 0.323 e. The van der Waals surface area contributed by atoms with Gasteiger partial charge < -0.3 is 15.6 Å². The molecule has 0 amide bonds. The molecular formula is C11H19N3O3. The van der Waals surface area contributed by atoms with E-state index in [9.17, 15) is 9.59 Å². The van der Waals surface area contributed by atoms with Crippen molar-refractivity contribution in [2.24, 2.45) is 12.8 Å². The van der Waals surface area contributed by atoms with Gasteiger partial charge in [-0.05, 0) is 20.8 Å². The summed E-state index contributed by atoms with van der Waals surface area (Å²) in [6.07, 6.45) is 1.72. The number of rotatable bonds is 3. The number of carbonyl (C=O) groups is 1. The first-order valence-corrected chi connectivity index (χ1v) is 5.42. The lowest BCUT2D eigenvalue weighted by molar-refractivity contribution is -0.156. The number of hydrogen-bond donors (Lipinski definition) is 2. The van der Waals surface area contributed by atoms with Crippen LogP contribution in [-0.4, -0.2) is 27.4 Å². The van der Waals surface area contributed by atoms with Crippen LogP contribution in [0.15, 0.2) is 11.0 Å². The van der Waals surface area contributed by atoms with E-state index in [1.165, 1.54) is 4.68 Å². The molecular weight excluding hydrogens is 222 g/mol. The molecule has 1 aromatic rings. The van der Waals surface area contributed by atoms with Gasteiger partial charge in [0, 0.05) is 25.2 Å². The Bertz CT molecular complexity index is 453. The second-order valence-corrected chi connectivity index (χ2v) is 5.01.